The first-order valence-electron chi connectivity index (χ1n) is 15.1. The van der Waals surface area contributed by atoms with Gasteiger partial charge in [0.15, 0.2) is 5.82 Å². The minimum Gasteiger partial charge on any atom is -0.377 e. The summed E-state index contributed by atoms with van der Waals surface area (Å²) in [6.07, 6.45) is 3.81. The number of urea groups is 1. The van der Waals surface area contributed by atoms with Crippen LogP contribution in [0.2, 0.25) is 0 Å². The molecule has 2 aromatic carbocycles. The van der Waals surface area contributed by atoms with Crippen LogP contribution >= 0.6 is 0 Å². The topological polar surface area (TPSA) is 108 Å². The number of carbonyl (C=O) groups is 1. The third-order valence-corrected chi connectivity index (χ3v) is 8.61. The molecule has 2 bridgehead atoms. The van der Waals surface area contributed by atoms with Gasteiger partial charge in [-0.05, 0) is 81.2 Å². The summed E-state index contributed by atoms with van der Waals surface area (Å²) in [5.41, 5.74) is 3.57. The molecule has 0 spiro atoms. The molecule has 2 amide bonds. The summed E-state index contributed by atoms with van der Waals surface area (Å²) >= 11 is 0. The van der Waals surface area contributed by atoms with Crippen LogP contribution in [0.5, 0.6) is 0 Å². The lowest BCUT2D eigenvalue weighted by atomic mass is 10.2. The Morgan fingerprint density at radius 3 is 2.21 bits per heavy atom. The highest BCUT2D eigenvalue weighted by atomic mass is 16.5. The number of fused-ring (bicyclic) bond motifs is 2. The number of rotatable bonds is 7. The highest BCUT2D eigenvalue weighted by Gasteiger charge is 2.41. The highest BCUT2D eigenvalue weighted by molar-refractivity contribution is 5.99. The van der Waals surface area contributed by atoms with Crippen molar-refractivity contribution in [1.29, 1.82) is 0 Å². The molecule has 11 nitrogen and oxygen atoms in total. The van der Waals surface area contributed by atoms with Crippen molar-refractivity contribution in [2.45, 2.75) is 50.9 Å². The zero-order valence-corrected chi connectivity index (χ0v) is 24.0. The van der Waals surface area contributed by atoms with Gasteiger partial charge in [0.1, 0.15) is 0 Å². The fourth-order valence-corrected chi connectivity index (χ4v) is 6.30. The van der Waals surface area contributed by atoms with Crippen molar-refractivity contribution in [1.82, 2.24) is 19.9 Å². The van der Waals surface area contributed by atoms with E-state index in [-0.39, 0.29) is 18.2 Å². The van der Waals surface area contributed by atoms with Crippen molar-refractivity contribution in [2.75, 3.05) is 66.4 Å². The van der Waals surface area contributed by atoms with E-state index in [4.69, 9.17) is 24.4 Å². The predicted octanol–water partition coefficient (Wildman–Crippen LogP) is 3.98. The number of likely N-dealkylation sites (tertiary alicyclic amines) is 1. The molecule has 0 radical (unpaired) electrons. The zero-order chi connectivity index (χ0) is 28.5. The Labute approximate surface area is 246 Å². The van der Waals surface area contributed by atoms with Gasteiger partial charge >= 0.3 is 6.03 Å². The van der Waals surface area contributed by atoms with Crippen LogP contribution in [-0.4, -0.2) is 90.1 Å². The summed E-state index contributed by atoms with van der Waals surface area (Å²) < 4.78 is 11.5. The molecule has 4 saturated heterocycles. The number of ether oxygens (including phenoxy) is 2. The van der Waals surface area contributed by atoms with E-state index in [0.29, 0.717) is 49.3 Å². The summed E-state index contributed by atoms with van der Waals surface area (Å²) in [7, 11) is 0. The lowest BCUT2D eigenvalue weighted by Crippen LogP contribution is -2.45. The number of carbonyl (C=O) groups excluding carboxylic acids is 1. The molecule has 11 heteroatoms. The van der Waals surface area contributed by atoms with Crippen molar-refractivity contribution in [3.63, 3.8) is 0 Å². The summed E-state index contributed by atoms with van der Waals surface area (Å²) in [6, 6.07) is 15.9. The second-order valence-electron chi connectivity index (χ2n) is 11.7. The van der Waals surface area contributed by atoms with Gasteiger partial charge in [0, 0.05) is 36.6 Å². The molecule has 3 atom stereocenters. The molecule has 4 fully saturated rings. The quantitative estimate of drug-likeness (QED) is 0.436. The number of nitrogens with one attached hydrogen (secondary N) is 2. The van der Waals surface area contributed by atoms with Crippen molar-refractivity contribution in [3.05, 3.63) is 54.1 Å². The van der Waals surface area contributed by atoms with Gasteiger partial charge < -0.3 is 29.9 Å². The fourth-order valence-electron chi connectivity index (χ4n) is 6.30. The Kier molecular flexibility index (Phi) is 7.62. The number of morpholine rings is 2. The van der Waals surface area contributed by atoms with Gasteiger partial charge in [0.05, 0.1) is 38.0 Å². The van der Waals surface area contributed by atoms with Crippen molar-refractivity contribution in [3.8, 4) is 11.4 Å². The first-order valence-corrected chi connectivity index (χ1v) is 15.1. The van der Waals surface area contributed by atoms with Gasteiger partial charge in [-0.1, -0.05) is 12.1 Å². The van der Waals surface area contributed by atoms with Crippen LogP contribution in [0.25, 0.3) is 11.4 Å². The number of nitrogens with zero attached hydrogens (tertiary/aromatic N) is 6. The molecule has 7 rings (SSSR count). The second kappa shape index (κ2) is 11.8. The highest BCUT2D eigenvalue weighted by Crippen LogP contribution is 2.33. The molecule has 1 aromatic heterocycles. The molecular weight excluding hydrogens is 532 g/mol. The first-order chi connectivity index (χ1) is 20.6. The summed E-state index contributed by atoms with van der Waals surface area (Å²) in [5.74, 6) is 1.97. The average Bonchev–Trinajstić information content (AvgIpc) is 3.79. The van der Waals surface area contributed by atoms with E-state index in [0.717, 1.165) is 37.3 Å². The van der Waals surface area contributed by atoms with Crippen molar-refractivity contribution >= 4 is 29.3 Å². The van der Waals surface area contributed by atoms with Gasteiger partial charge in [-0.15, -0.1) is 0 Å². The normalized spacial score (nSPS) is 23.9. The average molecular weight is 571 g/mol. The lowest BCUT2D eigenvalue weighted by Gasteiger charge is -2.34. The van der Waals surface area contributed by atoms with E-state index < -0.39 is 0 Å². The Morgan fingerprint density at radius 1 is 0.881 bits per heavy atom. The number of aromatic nitrogens is 3. The predicted molar refractivity (Wildman–Crippen MR) is 162 cm³/mol. The number of benzene rings is 2. The Bertz CT molecular complexity index is 1380. The van der Waals surface area contributed by atoms with E-state index in [1.54, 1.807) is 0 Å². The zero-order valence-electron chi connectivity index (χ0n) is 24.0. The molecule has 4 aliphatic rings. The fraction of sp³-hybridized carbons (Fsp3) is 0.484. The molecule has 3 unspecified atom stereocenters. The second-order valence-corrected chi connectivity index (χ2v) is 11.7. The van der Waals surface area contributed by atoms with Gasteiger partial charge in [-0.25, -0.2) is 4.79 Å². The number of anilines is 4. The van der Waals surface area contributed by atoms with Crippen LogP contribution < -0.4 is 20.4 Å². The van der Waals surface area contributed by atoms with E-state index in [1.165, 1.54) is 31.5 Å². The van der Waals surface area contributed by atoms with Crippen LogP contribution in [-0.2, 0) is 16.0 Å². The largest absolute Gasteiger partial charge is 0.377 e. The van der Waals surface area contributed by atoms with E-state index in [2.05, 4.69) is 44.4 Å². The van der Waals surface area contributed by atoms with Gasteiger partial charge in [-0.3, -0.25) is 4.90 Å². The standard InChI is InChI=1S/C31H38N8O3/c1-21-19-41-15-14-38(21)29-34-28(35-30(36-29)39-18-27-16-26(39)20-42-27)23-6-10-25(11-7-23)33-31(40)32-24-8-4-22(5-9-24)17-37-12-2-3-13-37/h4-11,21,26-27H,2-3,12-20H2,1H3,(H2,32,33,40). The minimum atomic E-state index is -0.285. The SMILES string of the molecule is CC1COCCN1c1nc(-c2ccc(NC(=O)Nc3ccc(CN4CCCC4)cc3)cc2)nc(N2CC3CC2CO3)n1. The van der Waals surface area contributed by atoms with Gasteiger partial charge in [0.25, 0.3) is 0 Å². The maximum atomic E-state index is 12.7. The molecule has 220 valence electrons. The van der Waals surface area contributed by atoms with Crippen LogP contribution in [0.3, 0.4) is 0 Å². The van der Waals surface area contributed by atoms with E-state index in [1.807, 2.05) is 36.4 Å². The molecule has 0 aliphatic carbocycles. The van der Waals surface area contributed by atoms with E-state index in [9.17, 15) is 4.79 Å². The van der Waals surface area contributed by atoms with Crippen LogP contribution in [0, 0.1) is 0 Å². The Morgan fingerprint density at radius 2 is 1.57 bits per heavy atom. The van der Waals surface area contributed by atoms with E-state index >= 15 is 0 Å². The number of hydrogen-bond acceptors (Lipinski definition) is 9. The number of amides is 2. The smallest absolute Gasteiger partial charge is 0.323 e. The maximum Gasteiger partial charge on any atom is 0.323 e. The maximum absolute atomic E-state index is 12.7. The van der Waals surface area contributed by atoms with Crippen molar-refractivity contribution < 1.29 is 14.3 Å². The third-order valence-electron chi connectivity index (χ3n) is 8.61. The first kappa shape index (κ1) is 27.1. The summed E-state index contributed by atoms with van der Waals surface area (Å²) in [4.78, 5) is 34.3. The van der Waals surface area contributed by atoms with Gasteiger partial charge in [-0.2, -0.15) is 15.0 Å². The molecule has 5 heterocycles. The molecular formula is C31H38N8O3. The van der Waals surface area contributed by atoms with Crippen LogP contribution in [0.15, 0.2) is 48.5 Å². The Balaban J connectivity index is 1.04. The third kappa shape index (κ3) is 5.90. The molecule has 4 aliphatic heterocycles. The van der Waals surface area contributed by atoms with Crippen LogP contribution in [0.1, 0.15) is 31.7 Å². The van der Waals surface area contributed by atoms with Crippen molar-refractivity contribution in [2.24, 2.45) is 0 Å². The monoisotopic (exact) mass is 570 g/mol. The van der Waals surface area contributed by atoms with Gasteiger partial charge in [0.2, 0.25) is 11.9 Å². The minimum absolute atomic E-state index is 0.173. The molecule has 0 saturated carbocycles. The lowest BCUT2D eigenvalue weighted by molar-refractivity contribution is 0.0974. The number of hydrogen-bond donors (Lipinski definition) is 2. The van der Waals surface area contributed by atoms with Crippen LogP contribution in [0.4, 0.5) is 28.1 Å². The summed E-state index contributed by atoms with van der Waals surface area (Å²) in [6.45, 7) is 8.95. The molecule has 2 N–H and O–H groups in total. The molecule has 42 heavy (non-hydrogen) atoms. The Hall–Kier alpha value is -3.80. The molecule has 3 aromatic rings. The summed E-state index contributed by atoms with van der Waals surface area (Å²) in [5, 5.41) is 5.86.